The summed E-state index contributed by atoms with van der Waals surface area (Å²) in [6, 6.07) is 14.2. The third-order valence-corrected chi connectivity index (χ3v) is 7.21. The standard InChI is InChI=1S/C23H28N2O2S/c26-21(16-19-10-7-15-28-19)25-14-6-11-20(25)22(27)24-17-23(12-4-5-13-23)18-8-2-1-3-9-18/h1-3,7-10,15,20H,4-6,11-14,16-17H2,(H,24,27). The van der Waals surface area contributed by atoms with Crippen molar-refractivity contribution in [3.63, 3.8) is 0 Å². The highest BCUT2D eigenvalue weighted by Gasteiger charge is 2.38. The molecule has 0 spiro atoms. The Hall–Kier alpha value is -2.14. The van der Waals surface area contributed by atoms with E-state index >= 15 is 0 Å². The first kappa shape index (κ1) is 19.2. The first-order valence-corrected chi connectivity index (χ1v) is 11.2. The van der Waals surface area contributed by atoms with Gasteiger partial charge in [-0.15, -0.1) is 11.3 Å². The quantitative estimate of drug-likeness (QED) is 0.805. The number of rotatable bonds is 6. The summed E-state index contributed by atoms with van der Waals surface area (Å²) in [4.78, 5) is 28.6. The van der Waals surface area contributed by atoms with Crippen LogP contribution in [0.3, 0.4) is 0 Å². The summed E-state index contributed by atoms with van der Waals surface area (Å²) in [7, 11) is 0. The Morgan fingerprint density at radius 2 is 1.86 bits per heavy atom. The van der Waals surface area contributed by atoms with Crippen molar-refractivity contribution in [3.05, 3.63) is 58.3 Å². The molecule has 148 valence electrons. The average molecular weight is 397 g/mol. The van der Waals surface area contributed by atoms with Gasteiger partial charge in [0.05, 0.1) is 6.42 Å². The van der Waals surface area contributed by atoms with Crippen molar-refractivity contribution in [1.82, 2.24) is 10.2 Å². The number of nitrogens with one attached hydrogen (secondary N) is 1. The molecule has 1 saturated carbocycles. The topological polar surface area (TPSA) is 49.4 Å². The first-order valence-electron chi connectivity index (χ1n) is 10.3. The Bertz CT molecular complexity index is 797. The molecule has 1 unspecified atom stereocenters. The van der Waals surface area contributed by atoms with Crippen LogP contribution in [-0.4, -0.2) is 35.8 Å². The van der Waals surface area contributed by atoms with Gasteiger partial charge in [0.1, 0.15) is 6.04 Å². The van der Waals surface area contributed by atoms with E-state index in [0.29, 0.717) is 19.5 Å². The van der Waals surface area contributed by atoms with E-state index in [1.54, 1.807) is 16.2 Å². The maximum absolute atomic E-state index is 13.0. The number of hydrogen-bond donors (Lipinski definition) is 1. The molecule has 28 heavy (non-hydrogen) atoms. The molecule has 1 aliphatic heterocycles. The molecule has 1 aromatic carbocycles. The van der Waals surface area contributed by atoms with Crippen LogP contribution in [0.1, 0.15) is 49.0 Å². The zero-order valence-corrected chi connectivity index (χ0v) is 17.0. The van der Waals surface area contributed by atoms with E-state index in [9.17, 15) is 9.59 Å². The van der Waals surface area contributed by atoms with Gasteiger partial charge >= 0.3 is 0 Å². The van der Waals surface area contributed by atoms with E-state index in [1.165, 1.54) is 18.4 Å². The SMILES string of the molecule is O=C(NCC1(c2ccccc2)CCCC1)C1CCCN1C(=O)Cc1cccs1. The van der Waals surface area contributed by atoms with Gasteiger partial charge in [0.2, 0.25) is 11.8 Å². The van der Waals surface area contributed by atoms with E-state index < -0.39 is 0 Å². The second-order valence-corrected chi connectivity index (χ2v) is 9.10. The van der Waals surface area contributed by atoms with E-state index in [-0.39, 0.29) is 23.3 Å². The minimum absolute atomic E-state index is 0.0132. The molecule has 1 atom stereocenters. The van der Waals surface area contributed by atoms with Crippen LogP contribution in [0.15, 0.2) is 47.8 Å². The number of benzene rings is 1. The van der Waals surface area contributed by atoms with Crippen molar-refractivity contribution in [3.8, 4) is 0 Å². The van der Waals surface area contributed by atoms with E-state index in [2.05, 4.69) is 29.6 Å². The second kappa shape index (κ2) is 8.48. The third kappa shape index (κ3) is 4.00. The molecule has 0 radical (unpaired) electrons. The molecule has 4 nitrogen and oxygen atoms in total. The molecule has 2 heterocycles. The third-order valence-electron chi connectivity index (χ3n) is 6.33. The number of hydrogen-bond acceptors (Lipinski definition) is 3. The summed E-state index contributed by atoms with van der Waals surface area (Å²) in [5.41, 5.74) is 1.37. The van der Waals surface area contributed by atoms with Gasteiger partial charge in [0, 0.05) is 23.4 Å². The summed E-state index contributed by atoms with van der Waals surface area (Å²) >= 11 is 1.60. The molecule has 2 aliphatic rings. The van der Waals surface area contributed by atoms with Gasteiger partial charge in [-0.05, 0) is 42.7 Å². The van der Waals surface area contributed by atoms with Crippen molar-refractivity contribution in [2.45, 2.75) is 56.4 Å². The van der Waals surface area contributed by atoms with Crippen LogP contribution >= 0.6 is 11.3 Å². The lowest BCUT2D eigenvalue weighted by Gasteiger charge is -2.31. The fourth-order valence-electron chi connectivity index (χ4n) is 4.79. The molecule has 2 fully saturated rings. The second-order valence-electron chi connectivity index (χ2n) is 8.07. The molecular formula is C23H28N2O2S. The number of carbonyl (C=O) groups excluding carboxylic acids is 2. The summed E-state index contributed by atoms with van der Waals surface area (Å²) in [6.45, 7) is 1.35. The molecule has 2 amide bonds. The van der Waals surface area contributed by atoms with E-state index in [1.807, 2.05) is 23.6 Å². The largest absolute Gasteiger partial charge is 0.353 e. The molecule has 5 heteroatoms. The summed E-state index contributed by atoms with van der Waals surface area (Å²) in [5, 5.41) is 5.21. The Balaban J connectivity index is 1.40. The normalized spacial score (nSPS) is 21.0. The fourth-order valence-corrected chi connectivity index (χ4v) is 5.48. The highest BCUT2D eigenvalue weighted by Crippen LogP contribution is 2.40. The minimum Gasteiger partial charge on any atom is -0.353 e. The smallest absolute Gasteiger partial charge is 0.242 e. The number of carbonyl (C=O) groups is 2. The van der Waals surface area contributed by atoms with E-state index in [0.717, 1.165) is 30.6 Å². The Morgan fingerprint density at radius 1 is 1.07 bits per heavy atom. The maximum Gasteiger partial charge on any atom is 0.242 e. The molecule has 1 N–H and O–H groups in total. The van der Waals surface area contributed by atoms with Crippen molar-refractivity contribution in [2.24, 2.45) is 0 Å². The Labute approximate surface area is 170 Å². The molecule has 1 aliphatic carbocycles. The lowest BCUT2D eigenvalue weighted by molar-refractivity contribution is -0.138. The zero-order chi connectivity index (χ0) is 19.4. The van der Waals surface area contributed by atoms with Crippen LogP contribution in [0.25, 0.3) is 0 Å². The summed E-state index contributed by atoms with van der Waals surface area (Å²) in [5.74, 6) is 0.0815. The van der Waals surface area contributed by atoms with Crippen molar-refractivity contribution < 1.29 is 9.59 Å². The molecule has 1 aromatic heterocycles. The van der Waals surface area contributed by atoms with Gasteiger partial charge < -0.3 is 10.2 Å². The van der Waals surface area contributed by atoms with Crippen molar-refractivity contribution in [2.75, 3.05) is 13.1 Å². The fraction of sp³-hybridized carbons (Fsp3) is 0.478. The highest BCUT2D eigenvalue weighted by molar-refractivity contribution is 7.10. The first-order chi connectivity index (χ1) is 13.7. The maximum atomic E-state index is 13.0. The van der Waals surface area contributed by atoms with Crippen molar-refractivity contribution in [1.29, 1.82) is 0 Å². The van der Waals surface area contributed by atoms with Crippen LogP contribution < -0.4 is 5.32 Å². The van der Waals surface area contributed by atoms with Crippen LogP contribution in [0, 0.1) is 0 Å². The van der Waals surface area contributed by atoms with Crippen LogP contribution in [0.5, 0.6) is 0 Å². The Morgan fingerprint density at radius 3 is 2.57 bits per heavy atom. The summed E-state index contributed by atoms with van der Waals surface area (Å²) < 4.78 is 0. The van der Waals surface area contributed by atoms with E-state index in [4.69, 9.17) is 0 Å². The average Bonchev–Trinajstić information content (AvgIpc) is 3.48. The molecule has 1 saturated heterocycles. The minimum atomic E-state index is -0.318. The number of likely N-dealkylation sites (tertiary alicyclic amines) is 1. The lowest BCUT2D eigenvalue weighted by Crippen LogP contribution is -2.49. The van der Waals surface area contributed by atoms with Gasteiger partial charge in [-0.25, -0.2) is 0 Å². The van der Waals surface area contributed by atoms with Crippen LogP contribution in [0.4, 0.5) is 0 Å². The molecule has 4 rings (SSSR count). The Kier molecular flexibility index (Phi) is 5.81. The number of thiophene rings is 1. The van der Waals surface area contributed by atoms with Crippen LogP contribution in [-0.2, 0) is 21.4 Å². The van der Waals surface area contributed by atoms with Gasteiger partial charge in [-0.1, -0.05) is 49.2 Å². The number of nitrogens with zero attached hydrogens (tertiary/aromatic N) is 1. The van der Waals surface area contributed by atoms with Crippen LogP contribution in [0.2, 0.25) is 0 Å². The highest BCUT2D eigenvalue weighted by atomic mass is 32.1. The summed E-state index contributed by atoms with van der Waals surface area (Å²) in [6.07, 6.45) is 6.71. The van der Waals surface area contributed by atoms with Crippen molar-refractivity contribution >= 4 is 23.2 Å². The van der Waals surface area contributed by atoms with Gasteiger partial charge in [-0.3, -0.25) is 9.59 Å². The van der Waals surface area contributed by atoms with Gasteiger partial charge in [0.15, 0.2) is 0 Å². The molecule has 2 aromatic rings. The predicted octanol–water partition coefficient (Wildman–Crippen LogP) is 3.91. The van der Waals surface area contributed by atoms with Gasteiger partial charge in [-0.2, -0.15) is 0 Å². The predicted molar refractivity (Wildman–Crippen MR) is 112 cm³/mol. The molecule has 0 bridgehead atoms. The zero-order valence-electron chi connectivity index (χ0n) is 16.2. The van der Waals surface area contributed by atoms with Gasteiger partial charge in [0.25, 0.3) is 0 Å². The number of amides is 2. The monoisotopic (exact) mass is 396 g/mol. The molecular weight excluding hydrogens is 368 g/mol. The lowest BCUT2D eigenvalue weighted by atomic mass is 9.79.